The highest BCUT2D eigenvalue weighted by atomic mass is 35.5. The molecule has 3 heteroatoms. The molecule has 1 aromatic carbocycles. The van der Waals surface area contributed by atoms with Crippen LogP contribution in [-0.2, 0) is 6.42 Å². The summed E-state index contributed by atoms with van der Waals surface area (Å²) in [5.74, 6) is 0. The van der Waals surface area contributed by atoms with Gasteiger partial charge in [-0.05, 0) is 24.6 Å². The Balaban J connectivity index is 1.95. The molecule has 18 heavy (non-hydrogen) atoms. The summed E-state index contributed by atoms with van der Waals surface area (Å²) in [6.07, 6.45) is 4.83. The van der Waals surface area contributed by atoms with E-state index in [1.54, 1.807) is 0 Å². The molecule has 0 aliphatic rings. The van der Waals surface area contributed by atoms with Crippen LogP contribution in [0.5, 0.6) is 0 Å². The Morgan fingerprint density at radius 1 is 1.22 bits per heavy atom. The van der Waals surface area contributed by atoms with Crippen molar-refractivity contribution in [1.29, 1.82) is 0 Å². The van der Waals surface area contributed by atoms with Crippen LogP contribution in [0.4, 0.5) is 0 Å². The van der Waals surface area contributed by atoms with Crippen LogP contribution < -0.4 is 0 Å². The third kappa shape index (κ3) is 2.24. The minimum atomic E-state index is 0.718. The van der Waals surface area contributed by atoms with Gasteiger partial charge in [-0.1, -0.05) is 41.4 Å². The Morgan fingerprint density at radius 2 is 2.11 bits per heavy atom. The molecular weight excluding hydrogens is 244 g/mol. The van der Waals surface area contributed by atoms with Gasteiger partial charge in [0, 0.05) is 23.8 Å². The number of hydrogen-bond acceptors (Lipinski definition) is 1. The van der Waals surface area contributed by atoms with E-state index in [-0.39, 0.29) is 0 Å². The second kappa shape index (κ2) is 4.46. The number of halogens is 1. The molecule has 0 aliphatic carbocycles. The van der Waals surface area contributed by atoms with E-state index in [1.165, 1.54) is 11.1 Å². The molecule has 2 aromatic heterocycles. The van der Waals surface area contributed by atoms with Crippen molar-refractivity contribution >= 4 is 17.2 Å². The minimum absolute atomic E-state index is 0.718. The van der Waals surface area contributed by atoms with Crippen molar-refractivity contribution in [2.45, 2.75) is 13.3 Å². The zero-order chi connectivity index (χ0) is 12.5. The Labute approximate surface area is 111 Å². The van der Waals surface area contributed by atoms with Crippen molar-refractivity contribution in [3.8, 4) is 0 Å². The highest BCUT2D eigenvalue weighted by Gasteiger charge is 2.03. The number of benzene rings is 1. The van der Waals surface area contributed by atoms with E-state index >= 15 is 0 Å². The largest absolute Gasteiger partial charge is 0.307 e. The molecular formula is C15H13ClN2. The van der Waals surface area contributed by atoms with Crippen LogP contribution >= 0.6 is 11.6 Å². The second-order valence-electron chi connectivity index (χ2n) is 4.51. The fourth-order valence-corrected chi connectivity index (χ4v) is 2.28. The van der Waals surface area contributed by atoms with Crippen molar-refractivity contribution in [1.82, 2.24) is 9.38 Å². The molecule has 0 saturated heterocycles. The second-order valence-corrected chi connectivity index (χ2v) is 4.94. The van der Waals surface area contributed by atoms with E-state index in [9.17, 15) is 0 Å². The minimum Gasteiger partial charge on any atom is -0.307 e. The molecule has 2 nitrogen and oxygen atoms in total. The van der Waals surface area contributed by atoms with Crippen LogP contribution in [-0.4, -0.2) is 9.38 Å². The first-order valence-electron chi connectivity index (χ1n) is 5.89. The van der Waals surface area contributed by atoms with Gasteiger partial charge in [-0.2, -0.15) is 0 Å². The van der Waals surface area contributed by atoms with Crippen molar-refractivity contribution < 1.29 is 0 Å². The number of rotatable bonds is 2. The lowest BCUT2D eigenvalue weighted by Gasteiger charge is -1.99. The SMILES string of the molecule is Cc1cccc(Cc2cn3ccc(Cl)cc3n2)c1. The van der Waals surface area contributed by atoms with Gasteiger partial charge in [0.2, 0.25) is 0 Å². The lowest BCUT2D eigenvalue weighted by atomic mass is 10.1. The van der Waals surface area contributed by atoms with Gasteiger partial charge in [0.25, 0.3) is 0 Å². The molecule has 0 fully saturated rings. The fourth-order valence-electron chi connectivity index (χ4n) is 2.13. The van der Waals surface area contributed by atoms with E-state index in [0.29, 0.717) is 0 Å². The van der Waals surface area contributed by atoms with Crippen LogP contribution in [0, 0.1) is 6.92 Å². The maximum Gasteiger partial charge on any atom is 0.138 e. The molecule has 3 aromatic rings. The number of nitrogens with zero attached hydrogens (tertiary/aromatic N) is 2. The number of fused-ring (bicyclic) bond motifs is 1. The van der Waals surface area contributed by atoms with Crippen molar-refractivity contribution in [2.75, 3.05) is 0 Å². The normalized spacial score (nSPS) is 11.0. The standard InChI is InChI=1S/C15H13ClN2/c1-11-3-2-4-12(7-11)8-14-10-18-6-5-13(16)9-15(18)17-14/h2-7,9-10H,8H2,1H3. The predicted molar refractivity (Wildman–Crippen MR) is 74.2 cm³/mol. The van der Waals surface area contributed by atoms with Gasteiger partial charge in [-0.15, -0.1) is 0 Å². The van der Waals surface area contributed by atoms with Gasteiger partial charge in [0.15, 0.2) is 0 Å². The quantitative estimate of drug-likeness (QED) is 0.680. The van der Waals surface area contributed by atoms with E-state index in [1.807, 2.05) is 28.9 Å². The monoisotopic (exact) mass is 256 g/mol. The summed E-state index contributed by atoms with van der Waals surface area (Å²) < 4.78 is 2.00. The topological polar surface area (TPSA) is 17.3 Å². The molecule has 0 bridgehead atoms. The maximum atomic E-state index is 5.96. The average Bonchev–Trinajstić information content (AvgIpc) is 2.70. The Morgan fingerprint density at radius 3 is 2.94 bits per heavy atom. The van der Waals surface area contributed by atoms with Gasteiger partial charge in [-0.3, -0.25) is 0 Å². The van der Waals surface area contributed by atoms with Gasteiger partial charge in [0.05, 0.1) is 5.69 Å². The molecule has 3 rings (SSSR count). The van der Waals surface area contributed by atoms with Gasteiger partial charge in [-0.25, -0.2) is 4.98 Å². The smallest absolute Gasteiger partial charge is 0.138 e. The molecule has 0 radical (unpaired) electrons. The van der Waals surface area contributed by atoms with Crippen LogP contribution in [0.3, 0.4) is 0 Å². The number of pyridine rings is 1. The van der Waals surface area contributed by atoms with Crippen molar-refractivity contribution in [2.24, 2.45) is 0 Å². The summed E-state index contributed by atoms with van der Waals surface area (Å²) >= 11 is 5.96. The highest BCUT2D eigenvalue weighted by molar-refractivity contribution is 6.30. The lowest BCUT2D eigenvalue weighted by molar-refractivity contribution is 1.11. The molecule has 0 spiro atoms. The van der Waals surface area contributed by atoms with Crippen molar-refractivity contribution in [3.63, 3.8) is 0 Å². The number of hydrogen-bond donors (Lipinski definition) is 0. The third-order valence-corrected chi connectivity index (χ3v) is 3.17. The van der Waals surface area contributed by atoms with E-state index in [2.05, 4.69) is 36.2 Å². The summed E-state index contributed by atoms with van der Waals surface area (Å²) in [6.45, 7) is 2.10. The summed E-state index contributed by atoms with van der Waals surface area (Å²) in [7, 11) is 0. The summed E-state index contributed by atoms with van der Waals surface area (Å²) in [5, 5.41) is 0.718. The average molecular weight is 257 g/mol. The van der Waals surface area contributed by atoms with Gasteiger partial charge in [0.1, 0.15) is 5.65 Å². The molecule has 0 unspecified atom stereocenters. The zero-order valence-corrected chi connectivity index (χ0v) is 10.9. The predicted octanol–water partition coefficient (Wildman–Crippen LogP) is 3.89. The van der Waals surface area contributed by atoms with E-state index < -0.39 is 0 Å². The highest BCUT2D eigenvalue weighted by Crippen LogP contribution is 2.15. The first kappa shape index (κ1) is 11.3. The first-order chi connectivity index (χ1) is 8.70. The number of imidazole rings is 1. The van der Waals surface area contributed by atoms with Crippen molar-refractivity contribution in [3.05, 3.63) is 70.6 Å². The fraction of sp³-hybridized carbons (Fsp3) is 0.133. The summed E-state index contributed by atoms with van der Waals surface area (Å²) in [5.41, 5.74) is 4.51. The summed E-state index contributed by atoms with van der Waals surface area (Å²) in [4.78, 5) is 4.58. The van der Waals surface area contributed by atoms with E-state index in [0.717, 1.165) is 22.8 Å². The molecule has 0 atom stereocenters. The Kier molecular flexibility index (Phi) is 2.80. The van der Waals surface area contributed by atoms with Crippen LogP contribution in [0.1, 0.15) is 16.8 Å². The molecule has 2 heterocycles. The molecule has 0 aliphatic heterocycles. The molecule has 0 saturated carbocycles. The molecule has 90 valence electrons. The third-order valence-electron chi connectivity index (χ3n) is 2.94. The molecule has 0 amide bonds. The zero-order valence-electron chi connectivity index (χ0n) is 10.1. The maximum absolute atomic E-state index is 5.96. The van der Waals surface area contributed by atoms with Crippen LogP contribution in [0.2, 0.25) is 5.02 Å². The van der Waals surface area contributed by atoms with E-state index in [4.69, 9.17) is 11.6 Å². The number of aryl methyl sites for hydroxylation is 1. The van der Waals surface area contributed by atoms with Gasteiger partial charge < -0.3 is 4.40 Å². The summed E-state index contributed by atoms with van der Waals surface area (Å²) in [6, 6.07) is 12.2. The van der Waals surface area contributed by atoms with Crippen LogP contribution in [0.25, 0.3) is 5.65 Å². The van der Waals surface area contributed by atoms with Crippen LogP contribution in [0.15, 0.2) is 48.8 Å². The number of aromatic nitrogens is 2. The lowest BCUT2D eigenvalue weighted by Crippen LogP contribution is -1.88. The molecule has 0 N–H and O–H groups in total. The Hall–Kier alpha value is -1.80. The first-order valence-corrected chi connectivity index (χ1v) is 6.27. The van der Waals surface area contributed by atoms with Gasteiger partial charge >= 0.3 is 0 Å². The Bertz CT molecular complexity index is 701.